The zero-order chi connectivity index (χ0) is 10.7. The predicted molar refractivity (Wildman–Crippen MR) is 65.4 cm³/mol. The Labute approximate surface area is 92.6 Å². The van der Waals surface area contributed by atoms with Gasteiger partial charge in [-0.05, 0) is 17.7 Å². The van der Waals surface area contributed by atoms with E-state index in [0.717, 1.165) is 5.56 Å². The summed E-state index contributed by atoms with van der Waals surface area (Å²) in [4.78, 5) is 11.5. The lowest BCUT2D eigenvalue weighted by Gasteiger charge is -1.97. The van der Waals surface area contributed by atoms with Crippen molar-refractivity contribution >= 4 is 29.7 Å². The summed E-state index contributed by atoms with van der Waals surface area (Å²) in [5, 5.41) is 0.610. The highest BCUT2D eigenvalue weighted by Crippen LogP contribution is 2.13. The molecule has 2 rings (SSSR count). The molecule has 1 heterocycles. The molecule has 0 bridgehead atoms. The second-order valence-corrected chi connectivity index (χ2v) is 3.49. The summed E-state index contributed by atoms with van der Waals surface area (Å²) in [6, 6.07) is 6.95. The van der Waals surface area contributed by atoms with E-state index in [2.05, 4.69) is 12.6 Å². The van der Waals surface area contributed by atoms with Crippen molar-refractivity contribution in [2.45, 2.75) is 0 Å². The lowest BCUT2D eigenvalue weighted by atomic mass is 10.1. The van der Waals surface area contributed by atoms with E-state index in [4.69, 9.17) is 4.42 Å². The van der Waals surface area contributed by atoms with Gasteiger partial charge in [-0.15, -0.1) is 0 Å². The second kappa shape index (κ2) is 4.36. The molecule has 0 saturated carbocycles. The van der Waals surface area contributed by atoms with Gasteiger partial charge in [0, 0.05) is 11.8 Å². The molecule has 0 amide bonds. The summed E-state index contributed by atoms with van der Waals surface area (Å²) in [6.07, 6.45) is 5.27. The van der Waals surface area contributed by atoms with Gasteiger partial charge in [0.05, 0.1) is 11.6 Å². The van der Waals surface area contributed by atoms with Gasteiger partial charge in [-0.3, -0.25) is 4.79 Å². The average molecular weight is 218 g/mol. The Bertz CT molecular complexity index is 555. The van der Waals surface area contributed by atoms with Crippen LogP contribution in [0, 0.1) is 0 Å². The van der Waals surface area contributed by atoms with Gasteiger partial charge >= 0.3 is 0 Å². The number of hydrogen-bond donors (Lipinski definition) is 1. The molecule has 0 saturated heterocycles. The zero-order valence-corrected chi connectivity index (χ0v) is 8.91. The van der Waals surface area contributed by atoms with Crippen molar-refractivity contribution in [1.29, 1.82) is 0 Å². The molecule has 0 spiro atoms. The third kappa shape index (κ3) is 2.13. The third-order valence-electron chi connectivity index (χ3n) is 2.10. The maximum Gasteiger partial charge on any atom is 0.192 e. The molecule has 15 heavy (non-hydrogen) atoms. The van der Waals surface area contributed by atoms with Gasteiger partial charge < -0.3 is 4.42 Å². The minimum atomic E-state index is -0.0163. The first-order chi connectivity index (χ1) is 7.31. The molecule has 0 aliphatic carbocycles. The molecule has 1 aromatic carbocycles. The van der Waals surface area contributed by atoms with Crippen LogP contribution in [0.2, 0.25) is 0 Å². The first-order valence-electron chi connectivity index (χ1n) is 4.60. The summed E-state index contributed by atoms with van der Waals surface area (Å²) in [6.45, 7) is 0. The summed E-state index contributed by atoms with van der Waals surface area (Å²) in [7, 11) is 0. The second-order valence-electron chi connectivity index (χ2n) is 3.13. The van der Waals surface area contributed by atoms with Crippen LogP contribution in [0.1, 0.15) is 5.56 Å². The van der Waals surface area contributed by atoms with Crippen LogP contribution in [-0.2, 0) is 0 Å². The smallest absolute Gasteiger partial charge is 0.192 e. The fourth-order valence-electron chi connectivity index (χ4n) is 1.39. The van der Waals surface area contributed by atoms with E-state index in [1.807, 2.05) is 24.3 Å². The molecule has 2 aromatic rings. The largest absolute Gasteiger partial charge is 0.464 e. The normalized spacial score (nSPS) is 11.3. The van der Waals surface area contributed by atoms with Crippen molar-refractivity contribution in [2.75, 3.05) is 5.75 Å². The lowest BCUT2D eigenvalue weighted by molar-refractivity contribution is 0.602. The van der Waals surface area contributed by atoms with Crippen LogP contribution >= 0.6 is 12.6 Å². The van der Waals surface area contributed by atoms with Crippen LogP contribution in [0.15, 0.2) is 45.8 Å². The van der Waals surface area contributed by atoms with E-state index in [1.54, 1.807) is 6.07 Å². The number of thiol groups is 1. The van der Waals surface area contributed by atoms with Gasteiger partial charge in [0.1, 0.15) is 5.58 Å². The zero-order valence-electron chi connectivity index (χ0n) is 8.01. The molecule has 1 aromatic heterocycles. The maximum atomic E-state index is 11.5. The van der Waals surface area contributed by atoms with Crippen molar-refractivity contribution < 1.29 is 4.42 Å². The number of hydrogen-bond acceptors (Lipinski definition) is 3. The fourth-order valence-corrected chi connectivity index (χ4v) is 1.50. The monoisotopic (exact) mass is 218 g/mol. The number of rotatable bonds is 2. The van der Waals surface area contributed by atoms with Gasteiger partial charge in [-0.2, -0.15) is 12.6 Å². The van der Waals surface area contributed by atoms with Crippen molar-refractivity contribution in [1.82, 2.24) is 0 Å². The fraction of sp³-hybridized carbons (Fsp3) is 0.0833. The standard InChI is InChI=1S/C12H10O2S/c13-11-5-6-14-12-4-3-9(2-1-7-15)8-10(11)12/h1-6,8,15H,7H2. The average Bonchev–Trinajstić information content (AvgIpc) is 2.27. The number of benzene rings is 1. The Kier molecular flexibility index (Phi) is 2.92. The van der Waals surface area contributed by atoms with Gasteiger partial charge in [0.25, 0.3) is 0 Å². The van der Waals surface area contributed by atoms with Crippen LogP contribution < -0.4 is 5.43 Å². The number of fused-ring (bicyclic) bond motifs is 1. The van der Waals surface area contributed by atoms with Gasteiger partial charge in [0.2, 0.25) is 0 Å². The minimum absolute atomic E-state index is 0.0163. The molecular weight excluding hydrogens is 208 g/mol. The molecule has 0 N–H and O–H groups in total. The predicted octanol–water partition coefficient (Wildman–Crippen LogP) is 2.74. The Hall–Kier alpha value is -1.48. The topological polar surface area (TPSA) is 30.2 Å². The molecule has 2 nitrogen and oxygen atoms in total. The van der Waals surface area contributed by atoms with Crippen LogP contribution in [0.25, 0.3) is 17.0 Å². The SMILES string of the molecule is O=c1ccoc2ccc(C=CCS)cc12. The van der Waals surface area contributed by atoms with Gasteiger partial charge in [-0.25, -0.2) is 0 Å². The summed E-state index contributed by atoms with van der Waals surface area (Å²) >= 11 is 4.08. The first kappa shape index (κ1) is 10.1. The minimum Gasteiger partial charge on any atom is -0.464 e. The third-order valence-corrected chi connectivity index (χ3v) is 2.31. The quantitative estimate of drug-likeness (QED) is 0.785. The highest BCUT2D eigenvalue weighted by Gasteiger charge is 1.99. The van der Waals surface area contributed by atoms with Crippen molar-refractivity contribution in [3.8, 4) is 0 Å². The van der Waals surface area contributed by atoms with E-state index >= 15 is 0 Å². The lowest BCUT2D eigenvalue weighted by Crippen LogP contribution is -1.97. The molecule has 0 fully saturated rings. The van der Waals surface area contributed by atoms with E-state index in [-0.39, 0.29) is 5.43 Å². The maximum absolute atomic E-state index is 11.5. The molecule has 0 atom stereocenters. The van der Waals surface area contributed by atoms with E-state index in [0.29, 0.717) is 16.7 Å². The van der Waals surface area contributed by atoms with Crippen LogP contribution in [-0.4, -0.2) is 5.75 Å². The Morgan fingerprint density at radius 1 is 1.33 bits per heavy atom. The molecular formula is C12H10O2S. The first-order valence-corrected chi connectivity index (χ1v) is 5.23. The Morgan fingerprint density at radius 2 is 2.20 bits per heavy atom. The van der Waals surface area contributed by atoms with E-state index in [1.165, 1.54) is 12.3 Å². The molecule has 0 aliphatic rings. The highest BCUT2D eigenvalue weighted by molar-refractivity contribution is 7.80. The molecule has 0 unspecified atom stereocenters. The van der Waals surface area contributed by atoms with Crippen molar-refractivity contribution in [3.05, 3.63) is 52.4 Å². The van der Waals surface area contributed by atoms with E-state index < -0.39 is 0 Å². The van der Waals surface area contributed by atoms with Gasteiger partial charge in [-0.1, -0.05) is 18.2 Å². The Balaban J connectivity index is 2.60. The molecule has 76 valence electrons. The van der Waals surface area contributed by atoms with Crippen molar-refractivity contribution in [2.24, 2.45) is 0 Å². The summed E-state index contributed by atoms with van der Waals surface area (Å²) in [5.41, 5.74) is 1.58. The highest BCUT2D eigenvalue weighted by atomic mass is 32.1. The summed E-state index contributed by atoms with van der Waals surface area (Å²) in [5.74, 6) is 0.682. The van der Waals surface area contributed by atoms with Crippen LogP contribution in [0.4, 0.5) is 0 Å². The van der Waals surface area contributed by atoms with E-state index in [9.17, 15) is 4.79 Å². The molecule has 0 aliphatic heterocycles. The Morgan fingerprint density at radius 3 is 3.00 bits per heavy atom. The van der Waals surface area contributed by atoms with Crippen LogP contribution in [0.3, 0.4) is 0 Å². The molecule has 0 radical (unpaired) electrons. The van der Waals surface area contributed by atoms with Crippen LogP contribution in [0.5, 0.6) is 0 Å². The molecule has 3 heteroatoms. The van der Waals surface area contributed by atoms with Crippen molar-refractivity contribution in [3.63, 3.8) is 0 Å². The van der Waals surface area contributed by atoms with Gasteiger partial charge in [0.15, 0.2) is 5.43 Å². The summed E-state index contributed by atoms with van der Waals surface area (Å²) < 4.78 is 5.21.